The number of anilines is 1. The number of carbonyl (C=O) groups is 1. The molecule has 6 nitrogen and oxygen atoms in total. The Bertz CT molecular complexity index is 1290. The SMILES string of the molecule is O=C(CSC(=S)N1C[C@H]2C[C@@H](C1)c1cccc(=O)n1C2)Nc1ccc(Oc2ccc(Cl)cc2)cc1. The van der Waals surface area contributed by atoms with Crippen LogP contribution in [0.5, 0.6) is 11.5 Å². The maximum atomic E-state index is 12.5. The van der Waals surface area contributed by atoms with Gasteiger partial charge in [0.15, 0.2) is 0 Å². The number of nitrogens with one attached hydrogen (secondary N) is 1. The molecule has 2 aliphatic rings. The van der Waals surface area contributed by atoms with Gasteiger partial charge in [0.2, 0.25) is 5.91 Å². The third kappa shape index (κ3) is 5.72. The number of hydrogen-bond donors (Lipinski definition) is 1. The van der Waals surface area contributed by atoms with E-state index in [4.69, 9.17) is 28.6 Å². The van der Waals surface area contributed by atoms with E-state index in [0.717, 1.165) is 36.1 Å². The Hall–Kier alpha value is -2.81. The largest absolute Gasteiger partial charge is 0.457 e. The zero-order valence-corrected chi connectivity index (χ0v) is 21.2. The van der Waals surface area contributed by atoms with Crippen molar-refractivity contribution >= 4 is 51.5 Å². The van der Waals surface area contributed by atoms with Crippen molar-refractivity contribution in [3.8, 4) is 11.5 Å². The van der Waals surface area contributed by atoms with Gasteiger partial charge >= 0.3 is 0 Å². The Morgan fingerprint density at radius 2 is 1.74 bits per heavy atom. The number of amides is 1. The van der Waals surface area contributed by atoms with Crippen LogP contribution in [0.4, 0.5) is 5.69 Å². The lowest BCUT2D eigenvalue weighted by molar-refractivity contribution is -0.113. The predicted molar refractivity (Wildman–Crippen MR) is 145 cm³/mol. The molecule has 3 heterocycles. The normalized spacial score (nSPS) is 18.5. The van der Waals surface area contributed by atoms with Crippen LogP contribution in [0, 0.1) is 5.92 Å². The fourth-order valence-electron chi connectivity index (χ4n) is 4.71. The van der Waals surface area contributed by atoms with E-state index in [1.54, 1.807) is 54.6 Å². The minimum atomic E-state index is -0.113. The fourth-order valence-corrected chi connectivity index (χ4v) is 5.82. The standard InChI is InChI=1S/C26H24ClN3O3S2/c27-19-4-8-21(9-5-19)33-22-10-6-20(7-11-22)28-24(31)16-35-26(34)29-13-17-12-18(15-29)23-2-1-3-25(32)30(23)14-17/h1-11,17-18H,12-16H2,(H,28,31)/t17-,18+/m1/s1. The number of fused-ring (bicyclic) bond motifs is 4. The number of benzene rings is 2. The van der Waals surface area contributed by atoms with Crippen LogP contribution < -0.4 is 15.6 Å². The summed E-state index contributed by atoms with van der Waals surface area (Å²) >= 11 is 12.9. The van der Waals surface area contributed by atoms with Crippen LogP contribution in [-0.2, 0) is 11.3 Å². The van der Waals surface area contributed by atoms with Crippen molar-refractivity contribution in [3.05, 3.63) is 87.8 Å². The lowest BCUT2D eigenvalue weighted by atomic mass is 9.83. The first-order valence-electron chi connectivity index (χ1n) is 11.4. The predicted octanol–water partition coefficient (Wildman–Crippen LogP) is 5.37. The number of likely N-dealkylation sites (tertiary alicyclic amines) is 1. The summed E-state index contributed by atoms with van der Waals surface area (Å²) in [7, 11) is 0. The number of ether oxygens (including phenoxy) is 1. The van der Waals surface area contributed by atoms with Crippen molar-refractivity contribution < 1.29 is 9.53 Å². The van der Waals surface area contributed by atoms with E-state index >= 15 is 0 Å². The number of thioether (sulfide) groups is 1. The quantitative estimate of drug-likeness (QED) is 0.452. The van der Waals surface area contributed by atoms with Crippen LogP contribution in [0.2, 0.25) is 5.02 Å². The minimum absolute atomic E-state index is 0.0730. The minimum Gasteiger partial charge on any atom is -0.457 e. The fraction of sp³-hybridized carbons (Fsp3) is 0.269. The van der Waals surface area contributed by atoms with Gasteiger partial charge in [-0.1, -0.05) is 41.6 Å². The summed E-state index contributed by atoms with van der Waals surface area (Å²) in [5.41, 5.74) is 1.86. The highest BCUT2D eigenvalue weighted by Crippen LogP contribution is 2.36. The number of halogens is 1. The molecule has 1 saturated heterocycles. The van der Waals surface area contributed by atoms with E-state index in [9.17, 15) is 9.59 Å². The number of hydrogen-bond acceptors (Lipinski definition) is 5. The van der Waals surface area contributed by atoms with Crippen LogP contribution in [0.3, 0.4) is 0 Å². The zero-order chi connectivity index (χ0) is 24.4. The lowest BCUT2D eigenvalue weighted by Crippen LogP contribution is -2.48. The third-order valence-corrected chi connectivity index (χ3v) is 8.03. The molecular formula is C26H24ClN3O3S2. The third-order valence-electron chi connectivity index (χ3n) is 6.25. The molecule has 0 spiro atoms. The maximum absolute atomic E-state index is 12.5. The molecule has 1 fully saturated rings. The molecule has 5 rings (SSSR count). The van der Waals surface area contributed by atoms with Crippen LogP contribution in [0.15, 0.2) is 71.5 Å². The Morgan fingerprint density at radius 3 is 2.49 bits per heavy atom. The van der Waals surface area contributed by atoms with Gasteiger partial charge in [-0.15, -0.1) is 0 Å². The van der Waals surface area contributed by atoms with E-state index in [2.05, 4.69) is 10.2 Å². The Labute approximate surface area is 218 Å². The van der Waals surface area contributed by atoms with Crippen molar-refractivity contribution in [1.29, 1.82) is 0 Å². The molecule has 9 heteroatoms. The number of pyridine rings is 1. The second-order valence-corrected chi connectivity index (χ2v) is 10.8. The van der Waals surface area contributed by atoms with Crippen molar-refractivity contribution in [2.24, 2.45) is 5.92 Å². The van der Waals surface area contributed by atoms with Crippen molar-refractivity contribution in [3.63, 3.8) is 0 Å². The maximum Gasteiger partial charge on any atom is 0.250 e. The van der Waals surface area contributed by atoms with E-state index < -0.39 is 0 Å². The molecule has 3 aromatic rings. The first-order chi connectivity index (χ1) is 16.9. The van der Waals surface area contributed by atoms with Crippen molar-refractivity contribution in [1.82, 2.24) is 9.47 Å². The Kier molecular flexibility index (Phi) is 7.13. The molecule has 0 radical (unpaired) electrons. The summed E-state index contributed by atoms with van der Waals surface area (Å²) in [6.07, 6.45) is 1.07. The van der Waals surface area contributed by atoms with Gasteiger partial charge in [-0.3, -0.25) is 9.59 Å². The first kappa shape index (κ1) is 23.9. The summed E-state index contributed by atoms with van der Waals surface area (Å²) in [5, 5.41) is 3.56. The first-order valence-corrected chi connectivity index (χ1v) is 13.2. The molecule has 2 aliphatic heterocycles. The van der Waals surface area contributed by atoms with E-state index in [1.807, 2.05) is 16.7 Å². The number of piperidine rings is 1. The Balaban J connectivity index is 1.11. The number of nitrogens with zero attached hydrogens (tertiary/aromatic N) is 2. The second-order valence-electron chi connectivity index (χ2n) is 8.79. The molecule has 0 unspecified atom stereocenters. The average Bonchev–Trinajstić information content (AvgIpc) is 2.86. The van der Waals surface area contributed by atoms with E-state index in [1.165, 1.54) is 11.8 Å². The topological polar surface area (TPSA) is 63.6 Å². The smallest absolute Gasteiger partial charge is 0.250 e. The molecule has 1 amide bonds. The summed E-state index contributed by atoms with van der Waals surface area (Å²) in [6.45, 7) is 2.33. The molecule has 0 saturated carbocycles. The van der Waals surface area contributed by atoms with E-state index in [0.29, 0.717) is 28.1 Å². The summed E-state index contributed by atoms with van der Waals surface area (Å²) < 4.78 is 8.42. The Morgan fingerprint density at radius 1 is 1.03 bits per heavy atom. The van der Waals surface area contributed by atoms with Gasteiger partial charge in [0.1, 0.15) is 15.8 Å². The summed E-state index contributed by atoms with van der Waals surface area (Å²) in [6, 6.07) is 19.8. The summed E-state index contributed by atoms with van der Waals surface area (Å²) in [4.78, 5) is 26.9. The van der Waals surface area contributed by atoms with Crippen LogP contribution >= 0.6 is 35.6 Å². The van der Waals surface area contributed by atoms with Crippen molar-refractivity contribution in [2.75, 3.05) is 24.2 Å². The van der Waals surface area contributed by atoms with Gasteiger partial charge in [0, 0.05) is 48.0 Å². The average molecular weight is 526 g/mol. The van der Waals surface area contributed by atoms with Crippen LogP contribution in [-0.4, -0.2) is 38.5 Å². The van der Waals surface area contributed by atoms with Gasteiger partial charge in [-0.2, -0.15) is 0 Å². The lowest BCUT2D eigenvalue weighted by Gasteiger charge is -2.43. The molecular weight excluding hydrogens is 502 g/mol. The summed E-state index contributed by atoms with van der Waals surface area (Å²) in [5.74, 6) is 2.16. The van der Waals surface area contributed by atoms with Gasteiger partial charge in [-0.25, -0.2) is 0 Å². The van der Waals surface area contributed by atoms with Gasteiger partial charge < -0.3 is 19.5 Å². The number of thiocarbonyl (C=S) groups is 1. The molecule has 1 N–H and O–H groups in total. The van der Waals surface area contributed by atoms with E-state index in [-0.39, 0.29) is 23.1 Å². The molecule has 2 aromatic carbocycles. The van der Waals surface area contributed by atoms with Gasteiger partial charge in [0.25, 0.3) is 5.56 Å². The van der Waals surface area contributed by atoms with Crippen LogP contribution in [0.25, 0.3) is 0 Å². The highest BCUT2D eigenvalue weighted by molar-refractivity contribution is 8.23. The molecule has 2 atom stereocenters. The molecule has 1 aromatic heterocycles. The van der Waals surface area contributed by atoms with Gasteiger partial charge in [-0.05, 0) is 66.9 Å². The molecule has 35 heavy (non-hydrogen) atoms. The second kappa shape index (κ2) is 10.4. The monoisotopic (exact) mass is 525 g/mol. The molecule has 180 valence electrons. The molecule has 0 aliphatic carbocycles. The highest BCUT2D eigenvalue weighted by atomic mass is 35.5. The molecule has 2 bridgehead atoms. The number of aromatic nitrogens is 1. The highest BCUT2D eigenvalue weighted by Gasteiger charge is 2.35. The zero-order valence-electron chi connectivity index (χ0n) is 18.9. The van der Waals surface area contributed by atoms with Gasteiger partial charge in [0.05, 0.1) is 5.75 Å². The number of carbonyl (C=O) groups excluding carboxylic acids is 1. The number of rotatable bonds is 5. The van der Waals surface area contributed by atoms with Crippen LogP contribution in [0.1, 0.15) is 18.0 Å². The van der Waals surface area contributed by atoms with Crippen molar-refractivity contribution in [2.45, 2.75) is 18.9 Å².